The summed E-state index contributed by atoms with van der Waals surface area (Å²) < 4.78 is 1.71. The Bertz CT molecular complexity index is 994. The average molecular weight is 335 g/mol. The molecule has 0 fully saturated rings. The maximum atomic E-state index is 12.8. The van der Waals surface area contributed by atoms with E-state index in [4.69, 9.17) is 0 Å². The minimum atomic E-state index is -0.590. The molecule has 7 heteroatoms. The molecule has 1 atom stereocenters. The Labute approximate surface area is 144 Å². The molecule has 3 heterocycles. The molecule has 0 saturated carbocycles. The third-order valence-electron chi connectivity index (χ3n) is 4.42. The molecule has 0 unspecified atom stereocenters. The first-order valence-electron chi connectivity index (χ1n) is 8.04. The smallest absolute Gasteiger partial charge is 0.250 e. The highest BCUT2D eigenvalue weighted by Gasteiger charge is 2.37. The number of hydrogen-bond donors (Lipinski definition) is 1. The number of amides is 2. The minimum absolute atomic E-state index is 0.160. The van der Waals surface area contributed by atoms with Crippen molar-refractivity contribution in [1.29, 1.82) is 0 Å². The van der Waals surface area contributed by atoms with Gasteiger partial charge in [0.15, 0.2) is 5.65 Å². The van der Waals surface area contributed by atoms with Crippen molar-refractivity contribution in [2.45, 2.75) is 26.3 Å². The number of anilines is 2. The van der Waals surface area contributed by atoms with E-state index < -0.39 is 6.04 Å². The maximum absolute atomic E-state index is 12.8. The van der Waals surface area contributed by atoms with Crippen LogP contribution in [0, 0.1) is 6.92 Å². The molecule has 0 saturated heterocycles. The van der Waals surface area contributed by atoms with Crippen molar-refractivity contribution in [3.63, 3.8) is 0 Å². The second kappa shape index (κ2) is 5.70. The number of carbonyl (C=O) groups excluding carboxylic acids is 2. The number of hydrogen-bond acceptors (Lipinski definition) is 4. The molecule has 1 aliphatic rings. The maximum Gasteiger partial charge on any atom is 0.250 e. The van der Waals surface area contributed by atoms with Crippen molar-refractivity contribution in [1.82, 2.24) is 14.6 Å². The predicted molar refractivity (Wildman–Crippen MR) is 93.4 cm³/mol. The molecule has 126 valence electrons. The lowest BCUT2D eigenvalue weighted by atomic mass is 10.1. The van der Waals surface area contributed by atoms with E-state index in [9.17, 15) is 9.59 Å². The Morgan fingerprint density at radius 3 is 2.80 bits per heavy atom. The highest BCUT2D eigenvalue weighted by molar-refractivity contribution is 6.06. The molecule has 25 heavy (non-hydrogen) atoms. The van der Waals surface area contributed by atoms with Gasteiger partial charge in [0.1, 0.15) is 6.04 Å². The number of nitrogens with zero attached hydrogens (tertiary/aromatic N) is 4. The van der Waals surface area contributed by atoms with Crippen molar-refractivity contribution >= 4 is 29.1 Å². The van der Waals surface area contributed by atoms with Crippen molar-refractivity contribution < 1.29 is 9.59 Å². The van der Waals surface area contributed by atoms with Gasteiger partial charge in [-0.3, -0.25) is 24.2 Å². The van der Waals surface area contributed by atoms with Gasteiger partial charge >= 0.3 is 0 Å². The molecule has 0 bridgehead atoms. The number of aromatic nitrogens is 3. The molecule has 1 aromatic carbocycles. The zero-order valence-corrected chi connectivity index (χ0v) is 13.9. The van der Waals surface area contributed by atoms with Gasteiger partial charge in [0.2, 0.25) is 17.8 Å². The highest BCUT2D eigenvalue weighted by Crippen LogP contribution is 2.32. The van der Waals surface area contributed by atoms with Crippen LogP contribution >= 0.6 is 0 Å². The fourth-order valence-electron chi connectivity index (χ4n) is 3.26. The van der Waals surface area contributed by atoms with E-state index in [0.29, 0.717) is 18.0 Å². The van der Waals surface area contributed by atoms with Crippen LogP contribution in [0.15, 0.2) is 42.6 Å². The van der Waals surface area contributed by atoms with Crippen molar-refractivity contribution in [3.8, 4) is 0 Å². The molecule has 4 rings (SSSR count). The van der Waals surface area contributed by atoms with Gasteiger partial charge in [-0.1, -0.05) is 18.2 Å². The number of rotatable bonds is 2. The van der Waals surface area contributed by atoms with E-state index in [1.807, 2.05) is 49.5 Å². The number of nitrogens with one attached hydrogen (secondary N) is 1. The van der Waals surface area contributed by atoms with Crippen LogP contribution in [0.4, 0.5) is 11.6 Å². The Morgan fingerprint density at radius 2 is 2.00 bits per heavy atom. The summed E-state index contributed by atoms with van der Waals surface area (Å²) in [4.78, 5) is 26.4. The summed E-state index contributed by atoms with van der Waals surface area (Å²) in [6.07, 6.45) is 2.30. The number of aryl methyl sites for hydroxylation is 1. The second-order valence-corrected chi connectivity index (χ2v) is 6.18. The summed E-state index contributed by atoms with van der Waals surface area (Å²) in [6, 6.07) is 10.8. The Morgan fingerprint density at radius 1 is 1.20 bits per heavy atom. The first-order valence-corrected chi connectivity index (χ1v) is 8.04. The van der Waals surface area contributed by atoms with Crippen molar-refractivity contribution in [2.75, 3.05) is 10.2 Å². The lowest BCUT2D eigenvalue weighted by Gasteiger charge is -2.23. The lowest BCUT2D eigenvalue weighted by molar-refractivity contribution is -0.122. The topological polar surface area (TPSA) is 79.6 Å². The van der Waals surface area contributed by atoms with E-state index in [-0.39, 0.29) is 11.8 Å². The molecular weight excluding hydrogens is 318 g/mol. The molecule has 3 aromatic rings. The molecule has 7 nitrogen and oxygen atoms in total. The number of pyridine rings is 1. The van der Waals surface area contributed by atoms with Crippen molar-refractivity contribution in [2.24, 2.45) is 0 Å². The number of fused-ring (bicyclic) bond motifs is 2. The van der Waals surface area contributed by atoms with Crippen LogP contribution in [0.1, 0.15) is 18.1 Å². The lowest BCUT2D eigenvalue weighted by Crippen LogP contribution is -2.44. The van der Waals surface area contributed by atoms with Crippen LogP contribution in [0.5, 0.6) is 0 Å². The number of carbonyl (C=O) groups is 2. The SMILES string of the molecule is CC(=O)N1c2ccccc2C[C@H]1C(=O)Nc1nnc2cc(C)ccn12. The van der Waals surface area contributed by atoms with Gasteiger partial charge in [0.05, 0.1) is 0 Å². The Hall–Kier alpha value is -3.22. The molecule has 2 aromatic heterocycles. The largest absolute Gasteiger partial charge is 0.300 e. The summed E-state index contributed by atoms with van der Waals surface area (Å²) in [5.74, 6) is -0.0902. The fraction of sp³-hybridized carbons (Fsp3) is 0.222. The van der Waals surface area contributed by atoms with E-state index in [2.05, 4.69) is 15.5 Å². The van der Waals surface area contributed by atoms with Crippen LogP contribution in [0.3, 0.4) is 0 Å². The molecular formula is C18H17N5O2. The van der Waals surface area contributed by atoms with Crippen LogP contribution < -0.4 is 10.2 Å². The predicted octanol–water partition coefficient (Wildman–Crippen LogP) is 1.95. The minimum Gasteiger partial charge on any atom is -0.300 e. The molecule has 0 spiro atoms. The first kappa shape index (κ1) is 15.3. The molecule has 1 aliphatic heterocycles. The fourth-order valence-corrected chi connectivity index (χ4v) is 3.26. The Kier molecular flexibility index (Phi) is 3.49. The second-order valence-electron chi connectivity index (χ2n) is 6.18. The summed E-state index contributed by atoms with van der Waals surface area (Å²) in [5.41, 5.74) is 3.50. The van der Waals surface area contributed by atoms with Gasteiger partial charge < -0.3 is 0 Å². The van der Waals surface area contributed by atoms with Gasteiger partial charge in [-0.25, -0.2) is 0 Å². The molecule has 1 N–H and O–H groups in total. The van der Waals surface area contributed by atoms with Gasteiger partial charge in [0, 0.05) is 25.2 Å². The van der Waals surface area contributed by atoms with Crippen LogP contribution in [-0.2, 0) is 16.0 Å². The normalized spacial score (nSPS) is 16.1. The van der Waals surface area contributed by atoms with E-state index in [1.165, 1.54) is 11.8 Å². The number of para-hydroxylation sites is 1. The Balaban J connectivity index is 1.63. The monoisotopic (exact) mass is 335 g/mol. The summed E-state index contributed by atoms with van der Waals surface area (Å²) in [6.45, 7) is 3.44. The summed E-state index contributed by atoms with van der Waals surface area (Å²) in [7, 11) is 0. The van der Waals surface area contributed by atoms with Gasteiger partial charge in [-0.05, 0) is 36.2 Å². The average Bonchev–Trinajstić information content (AvgIpc) is 3.16. The summed E-state index contributed by atoms with van der Waals surface area (Å²) >= 11 is 0. The van der Waals surface area contributed by atoms with Gasteiger partial charge in [-0.2, -0.15) is 0 Å². The van der Waals surface area contributed by atoms with Crippen LogP contribution in [0.25, 0.3) is 5.65 Å². The van der Waals surface area contributed by atoms with E-state index >= 15 is 0 Å². The third-order valence-corrected chi connectivity index (χ3v) is 4.42. The summed E-state index contributed by atoms with van der Waals surface area (Å²) in [5, 5.41) is 10.9. The molecule has 2 amide bonds. The standard InChI is InChI=1S/C18H17N5O2/c1-11-7-8-22-16(9-11)20-21-18(22)19-17(25)15-10-13-5-3-4-6-14(13)23(15)12(2)24/h3-9,15H,10H2,1-2H3,(H,19,21,25)/t15-/m0/s1. The zero-order chi connectivity index (χ0) is 17.6. The van der Waals surface area contributed by atoms with Crippen LogP contribution in [-0.4, -0.2) is 32.5 Å². The van der Waals surface area contributed by atoms with Crippen molar-refractivity contribution in [3.05, 3.63) is 53.7 Å². The van der Waals surface area contributed by atoms with E-state index in [0.717, 1.165) is 16.8 Å². The highest BCUT2D eigenvalue weighted by atomic mass is 16.2. The first-order chi connectivity index (χ1) is 12.0. The van der Waals surface area contributed by atoms with E-state index in [1.54, 1.807) is 4.40 Å². The molecule has 0 radical (unpaired) electrons. The van der Waals surface area contributed by atoms with Crippen LogP contribution in [0.2, 0.25) is 0 Å². The quantitative estimate of drug-likeness (QED) is 0.776. The molecule has 0 aliphatic carbocycles. The zero-order valence-electron chi connectivity index (χ0n) is 13.9. The number of benzene rings is 1. The van der Waals surface area contributed by atoms with Gasteiger partial charge in [0.25, 0.3) is 0 Å². The van der Waals surface area contributed by atoms with Gasteiger partial charge in [-0.15, -0.1) is 10.2 Å². The third kappa shape index (κ3) is 2.53.